The van der Waals surface area contributed by atoms with Crippen LogP contribution in [0.25, 0.3) is 0 Å². The highest BCUT2D eigenvalue weighted by Gasteiger charge is 2.21. The molecule has 0 aliphatic rings. The van der Waals surface area contributed by atoms with E-state index in [-0.39, 0.29) is 12.0 Å². The second kappa shape index (κ2) is 6.22. The predicted octanol–water partition coefficient (Wildman–Crippen LogP) is 3.25. The van der Waals surface area contributed by atoms with E-state index in [4.69, 9.17) is 0 Å². The van der Waals surface area contributed by atoms with Gasteiger partial charge >= 0.3 is 0 Å². The Morgan fingerprint density at radius 2 is 1.78 bits per heavy atom. The Kier molecular flexibility index (Phi) is 5.19. The van der Waals surface area contributed by atoms with Crippen LogP contribution >= 0.6 is 15.9 Å². The van der Waals surface area contributed by atoms with Crippen LogP contribution in [0.1, 0.15) is 24.2 Å². The summed E-state index contributed by atoms with van der Waals surface area (Å²) in [6, 6.07) is 0.702. The van der Waals surface area contributed by atoms with Crippen molar-refractivity contribution in [1.82, 2.24) is 5.32 Å². The zero-order chi connectivity index (χ0) is 13.9. The summed E-state index contributed by atoms with van der Waals surface area (Å²) in [5, 5.41) is 3.12. The van der Waals surface area contributed by atoms with Gasteiger partial charge in [-0.2, -0.15) is 0 Å². The van der Waals surface area contributed by atoms with Crippen LogP contribution < -0.4 is 5.32 Å². The summed E-state index contributed by atoms with van der Waals surface area (Å²) >= 11 is 3.25. The first-order valence-corrected chi connectivity index (χ1v) is 6.50. The first-order chi connectivity index (χ1) is 8.36. The van der Waals surface area contributed by atoms with Gasteiger partial charge in [-0.1, -0.05) is 22.9 Å². The number of alkyl halides is 1. The van der Waals surface area contributed by atoms with Crippen molar-refractivity contribution < 1.29 is 18.0 Å². The molecule has 2 nitrogen and oxygen atoms in total. The summed E-state index contributed by atoms with van der Waals surface area (Å²) in [4.78, 5) is 11.7. The highest BCUT2D eigenvalue weighted by molar-refractivity contribution is 9.09. The van der Waals surface area contributed by atoms with Crippen LogP contribution in [0.4, 0.5) is 13.2 Å². The lowest BCUT2D eigenvalue weighted by atomic mass is 10.1. The van der Waals surface area contributed by atoms with E-state index in [1.54, 1.807) is 6.92 Å². The summed E-state index contributed by atoms with van der Waals surface area (Å²) in [6.45, 7) is 3.60. The van der Waals surface area contributed by atoms with Crippen molar-refractivity contribution in [3.8, 4) is 0 Å². The molecule has 2 unspecified atom stereocenters. The molecule has 0 spiro atoms. The topological polar surface area (TPSA) is 29.1 Å². The number of carbonyl (C=O) groups excluding carboxylic acids is 1. The van der Waals surface area contributed by atoms with E-state index in [2.05, 4.69) is 21.2 Å². The van der Waals surface area contributed by atoms with Gasteiger partial charge in [-0.05, 0) is 12.8 Å². The first-order valence-electron chi connectivity index (χ1n) is 5.38. The lowest BCUT2D eigenvalue weighted by molar-refractivity contribution is 0.0922. The van der Waals surface area contributed by atoms with Crippen LogP contribution in [0.3, 0.4) is 0 Å². The van der Waals surface area contributed by atoms with Crippen molar-refractivity contribution in [3.63, 3.8) is 0 Å². The number of nitrogens with one attached hydrogen (secondary N) is 1. The molecule has 1 aromatic carbocycles. The smallest absolute Gasteiger partial charge is 0.257 e. The summed E-state index contributed by atoms with van der Waals surface area (Å²) in [5.74, 6) is -4.25. The molecule has 0 bridgehead atoms. The van der Waals surface area contributed by atoms with Gasteiger partial charge in [-0.3, -0.25) is 4.79 Å². The van der Waals surface area contributed by atoms with E-state index in [1.165, 1.54) is 0 Å². The van der Waals surface area contributed by atoms with Crippen molar-refractivity contribution in [3.05, 3.63) is 35.1 Å². The number of amides is 1. The van der Waals surface area contributed by atoms with Crippen molar-refractivity contribution >= 4 is 21.8 Å². The Balaban J connectivity index is 2.92. The molecule has 100 valence electrons. The normalized spacial score (nSPS) is 14.1. The van der Waals surface area contributed by atoms with Gasteiger partial charge in [-0.25, -0.2) is 13.2 Å². The summed E-state index contributed by atoms with van der Waals surface area (Å²) in [5.41, 5.74) is -0.759. The monoisotopic (exact) mass is 323 g/mol. The molecule has 6 heteroatoms. The maximum atomic E-state index is 13.3. The van der Waals surface area contributed by atoms with Crippen LogP contribution in [0.2, 0.25) is 0 Å². The zero-order valence-electron chi connectivity index (χ0n) is 9.94. The van der Waals surface area contributed by atoms with Gasteiger partial charge < -0.3 is 5.32 Å². The lowest BCUT2D eigenvalue weighted by Crippen LogP contribution is -2.38. The number of carbonyl (C=O) groups is 1. The van der Waals surface area contributed by atoms with Gasteiger partial charge in [0.1, 0.15) is 23.0 Å². The Hall–Kier alpha value is -1.04. The predicted molar refractivity (Wildman–Crippen MR) is 66.2 cm³/mol. The summed E-state index contributed by atoms with van der Waals surface area (Å²) < 4.78 is 39.4. The fourth-order valence-corrected chi connectivity index (χ4v) is 1.87. The van der Waals surface area contributed by atoms with Crippen molar-refractivity contribution in [2.45, 2.75) is 19.9 Å². The number of hydrogen-bond acceptors (Lipinski definition) is 1. The first kappa shape index (κ1) is 15.0. The molecule has 1 rings (SSSR count). The minimum atomic E-state index is -1.20. The molecule has 1 amide bonds. The molecule has 0 aliphatic heterocycles. The molecule has 0 fully saturated rings. The van der Waals surface area contributed by atoms with E-state index in [0.29, 0.717) is 17.5 Å². The third-order valence-electron chi connectivity index (χ3n) is 2.69. The van der Waals surface area contributed by atoms with Crippen molar-refractivity contribution in [1.29, 1.82) is 0 Å². The Bertz CT molecular complexity index is 430. The van der Waals surface area contributed by atoms with Gasteiger partial charge in [-0.15, -0.1) is 0 Å². The minimum absolute atomic E-state index is 0.0977. The molecular weight excluding hydrogens is 311 g/mol. The van der Waals surface area contributed by atoms with Crippen molar-refractivity contribution in [2.24, 2.45) is 5.92 Å². The molecule has 0 heterocycles. The van der Waals surface area contributed by atoms with Gasteiger partial charge in [0.2, 0.25) is 0 Å². The van der Waals surface area contributed by atoms with Crippen LogP contribution in [0, 0.1) is 23.4 Å². The second-order valence-electron chi connectivity index (χ2n) is 4.14. The number of halogens is 4. The fourth-order valence-electron chi connectivity index (χ4n) is 1.31. The summed E-state index contributed by atoms with van der Waals surface area (Å²) in [6.07, 6.45) is 0. The average molecular weight is 324 g/mol. The SMILES string of the molecule is CC(CBr)C(C)NC(=O)c1c(F)cc(F)cc1F. The number of hydrogen-bond donors (Lipinski definition) is 1. The molecule has 2 atom stereocenters. The fraction of sp³-hybridized carbons (Fsp3) is 0.417. The van der Waals surface area contributed by atoms with Gasteiger partial charge in [0.15, 0.2) is 0 Å². The number of rotatable bonds is 4. The molecule has 0 aromatic heterocycles. The van der Waals surface area contributed by atoms with Gasteiger partial charge in [0.25, 0.3) is 5.91 Å². The second-order valence-corrected chi connectivity index (χ2v) is 4.79. The molecule has 0 saturated heterocycles. The van der Waals surface area contributed by atoms with E-state index in [9.17, 15) is 18.0 Å². The maximum absolute atomic E-state index is 13.3. The number of benzene rings is 1. The molecule has 0 radical (unpaired) electrons. The standard InChI is InChI=1S/C12H13BrF3NO/c1-6(5-13)7(2)17-12(18)11-9(15)3-8(14)4-10(11)16/h3-4,6-7H,5H2,1-2H3,(H,17,18). The maximum Gasteiger partial charge on any atom is 0.257 e. The molecule has 0 aliphatic carbocycles. The van der Waals surface area contributed by atoms with Crippen LogP contribution in [0.15, 0.2) is 12.1 Å². The Morgan fingerprint density at radius 1 is 1.28 bits per heavy atom. The van der Waals surface area contributed by atoms with Crippen LogP contribution in [-0.4, -0.2) is 17.3 Å². The van der Waals surface area contributed by atoms with Crippen LogP contribution in [-0.2, 0) is 0 Å². The molecule has 18 heavy (non-hydrogen) atoms. The van der Waals surface area contributed by atoms with Crippen molar-refractivity contribution in [2.75, 3.05) is 5.33 Å². The minimum Gasteiger partial charge on any atom is -0.349 e. The van der Waals surface area contributed by atoms with Gasteiger partial charge in [0.05, 0.1) is 0 Å². The quantitative estimate of drug-likeness (QED) is 0.847. The van der Waals surface area contributed by atoms with Crippen LogP contribution in [0.5, 0.6) is 0 Å². The highest BCUT2D eigenvalue weighted by atomic mass is 79.9. The third-order valence-corrected chi connectivity index (χ3v) is 3.71. The average Bonchev–Trinajstić information content (AvgIpc) is 2.26. The molecule has 0 saturated carbocycles. The summed E-state index contributed by atoms with van der Waals surface area (Å²) in [7, 11) is 0. The third kappa shape index (κ3) is 3.48. The largest absolute Gasteiger partial charge is 0.349 e. The van der Waals surface area contributed by atoms with E-state index >= 15 is 0 Å². The highest BCUT2D eigenvalue weighted by Crippen LogP contribution is 2.15. The molecular formula is C12H13BrF3NO. The Morgan fingerprint density at radius 3 is 2.22 bits per heavy atom. The zero-order valence-corrected chi connectivity index (χ0v) is 11.5. The van der Waals surface area contributed by atoms with E-state index < -0.39 is 28.9 Å². The van der Waals surface area contributed by atoms with E-state index in [0.717, 1.165) is 0 Å². The van der Waals surface area contributed by atoms with Gasteiger partial charge in [0, 0.05) is 23.5 Å². The Labute approximate surface area is 112 Å². The molecule has 1 N–H and O–H groups in total. The van der Waals surface area contributed by atoms with E-state index in [1.807, 2.05) is 6.92 Å². The molecule has 1 aromatic rings. The lowest BCUT2D eigenvalue weighted by Gasteiger charge is -2.19.